The van der Waals surface area contributed by atoms with Crippen molar-refractivity contribution in [2.45, 2.75) is 44.3 Å². The maximum atomic E-state index is 15.1. The van der Waals surface area contributed by atoms with Gasteiger partial charge in [-0.15, -0.1) is 6.58 Å². The van der Waals surface area contributed by atoms with Gasteiger partial charge in [0.05, 0.1) is 25.4 Å². The van der Waals surface area contributed by atoms with Gasteiger partial charge < -0.3 is 14.2 Å². The fourth-order valence-corrected chi connectivity index (χ4v) is 4.24. The zero-order valence-electron chi connectivity index (χ0n) is 19.6. The third-order valence-corrected chi connectivity index (χ3v) is 6.17. The maximum Gasteiger partial charge on any atom is 0.419 e. The summed E-state index contributed by atoms with van der Waals surface area (Å²) >= 11 is 0. The van der Waals surface area contributed by atoms with E-state index in [1.54, 1.807) is 18.2 Å². The highest BCUT2D eigenvalue weighted by Crippen LogP contribution is 2.32. The Hall–Kier alpha value is -2.81. The van der Waals surface area contributed by atoms with Gasteiger partial charge in [0.15, 0.2) is 6.29 Å². The van der Waals surface area contributed by atoms with E-state index in [1.807, 2.05) is 18.2 Å². The molecular weight excluding hydrogens is 479 g/mol. The third kappa shape index (κ3) is 6.49. The molecule has 0 bridgehead atoms. The molecule has 3 nitrogen and oxygen atoms in total. The van der Waals surface area contributed by atoms with Gasteiger partial charge in [0.2, 0.25) is 0 Å². The first kappa shape index (κ1) is 26.3. The highest BCUT2D eigenvalue weighted by Gasteiger charge is 2.33. The molecule has 3 aromatic carbocycles. The molecule has 1 fully saturated rings. The Bertz CT molecular complexity index is 1200. The van der Waals surface area contributed by atoms with Gasteiger partial charge in [-0.25, -0.2) is 8.78 Å². The number of benzene rings is 3. The molecule has 0 saturated carbocycles. The number of alkyl halides is 3. The second kappa shape index (κ2) is 11.5. The number of hydrogen-bond donors (Lipinski definition) is 0. The fraction of sp³-hybridized carbons (Fsp3) is 0.357. The lowest BCUT2D eigenvalue weighted by molar-refractivity contribution is -0.225. The van der Waals surface area contributed by atoms with Crippen LogP contribution < -0.4 is 0 Å². The summed E-state index contributed by atoms with van der Waals surface area (Å²) in [5.74, 6) is -1.70. The van der Waals surface area contributed by atoms with Gasteiger partial charge in [0.25, 0.3) is 0 Å². The monoisotopic (exact) mass is 506 g/mol. The van der Waals surface area contributed by atoms with E-state index in [9.17, 15) is 17.6 Å². The Morgan fingerprint density at radius 2 is 1.64 bits per heavy atom. The molecule has 1 saturated heterocycles. The predicted molar refractivity (Wildman–Crippen MR) is 127 cm³/mol. The SMILES string of the molecule is C=CCOC1COC(CCc2ccc3c(F)c(CCc4ccc(C(F)(F)F)c(F)c4)ccc3c2)OC1. The first-order valence-electron chi connectivity index (χ1n) is 11.8. The van der Waals surface area contributed by atoms with Crippen molar-refractivity contribution in [2.24, 2.45) is 0 Å². The molecule has 0 atom stereocenters. The average Bonchev–Trinajstić information content (AvgIpc) is 2.85. The minimum atomic E-state index is -4.74. The molecule has 8 heteroatoms. The number of rotatable bonds is 9. The first-order chi connectivity index (χ1) is 17.2. The highest BCUT2D eigenvalue weighted by atomic mass is 19.4. The second-order valence-electron chi connectivity index (χ2n) is 8.79. The van der Waals surface area contributed by atoms with Gasteiger partial charge in [-0.3, -0.25) is 0 Å². The van der Waals surface area contributed by atoms with Gasteiger partial charge in [-0.1, -0.05) is 42.5 Å². The van der Waals surface area contributed by atoms with Crippen LogP contribution in [0, 0.1) is 11.6 Å². The molecule has 0 amide bonds. The van der Waals surface area contributed by atoms with Crippen LogP contribution in [-0.4, -0.2) is 32.2 Å². The van der Waals surface area contributed by atoms with Crippen molar-refractivity contribution >= 4 is 10.8 Å². The standard InChI is InChI=1S/C28H27F5O3/c1-2-13-34-22-16-35-26(36-17-22)12-6-18-4-10-23-21(14-18)9-8-20(27(23)30)7-3-19-5-11-24(25(29)15-19)28(31,32)33/h2,4-5,8-11,14-15,22,26H,1,3,6-7,12-13,16-17H2. The molecule has 1 heterocycles. The summed E-state index contributed by atoms with van der Waals surface area (Å²) in [6.07, 6.45) is -1.68. The van der Waals surface area contributed by atoms with Crippen LogP contribution in [-0.2, 0) is 39.6 Å². The zero-order valence-corrected chi connectivity index (χ0v) is 19.6. The lowest BCUT2D eigenvalue weighted by Crippen LogP contribution is -2.37. The van der Waals surface area contributed by atoms with E-state index < -0.39 is 17.6 Å². The zero-order chi connectivity index (χ0) is 25.7. The topological polar surface area (TPSA) is 27.7 Å². The normalized spacial score (nSPS) is 18.5. The van der Waals surface area contributed by atoms with Crippen LogP contribution in [0.3, 0.4) is 0 Å². The van der Waals surface area contributed by atoms with Crippen LogP contribution in [0.2, 0.25) is 0 Å². The van der Waals surface area contributed by atoms with E-state index in [4.69, 9.17) is 14.2 Å². The van der Waals surface area contributed by atoms with Crippen LogP contribution in [0.1, 0.15) is 28.7 Å². The molecule has 36 heavy (non-hydrogen) atoms. The molecule has 192 valence electrons. The van der Waals surface area contributed by atoms with Gasteiger partial charge in [0.1, 0.15) is 17.7 Å². The van der Waals surface area contributed by atoms with E-state index in [0.29, 0.717) is 49.2 Å². The lowest BCUT2D eigenvalue weighted by Gasteiger charge is -2.29. The first-order valence-corrected chi connectivity index (χ1v) is 11.8. The fourth-order valence-electron chi connectivity index (χ4n) is 4.24. The van der Waals surface area contributed by atoms with Crippen molar-refractivity contribution in [3.8, 4) is 0 Å². The summed E-state index contributed by atoms with van der Waals surface area (Å²) in [4.78, 5) is 0. The maximum absolute atomic E-state index is 15.1. The van der Waals surface area contributed by atoms with Crippen molar-refractivity contribution < 1.29 is 36.2 Å². The Balaban J connectivity index is 1.35. The minimum Gasteiger partial charge on any atom is -0.369 e. The molecule has 0 spiro atoms. The second-order valence-corrected chi connectivity index (χ2v) is 8.79. The Kier molecular flexibility index (Phi) is 8.39. The van der Waals surface area contributed by atoms with Gasteiger partial charge in [-0.05, 0) is 53.5 Å². The summed E-state index contributed by atoms with van der Waals surface area (Å²) in [6, 6.07) is 11.8. The molecule has 0 N–H and O–H groups in total. The minimum absolute atomic E-state index is 0.102. The number of aryl methyl sites for hydroxylation is 3. The van der Waals surface area contributed by atoms with E-state index >= 15 is 4.39 Å². The Morgan fingerprint density at radius 3 is 2.33 bits per heavy atom. The van der Waals surface area contributed by atoms with E-state index in [0.717, 1.165) is 23.1 Å². The molecule has 0 radical (unpaired) electrons. The number of fused-ring (bicyclic) bond motifs is 1. The molecule has 1 aliphatic heterocycles. The van der Waals surface area contributed by atoms with Gasteiger partial charge in [-0.2, -0.15) is 13.2 Å². The van der Waals surface area contributed by atoms with Crippen LogP contribution in [0.15, 0.2) is 61.2 Å². The van der Waals surface area contributed by atoms with Gasteiger partial charge in [0, 0.05) is 11.8 Å². The average molecular weight is 507 g/mol. The Labute approximate surface area is 206 Å². The van der Waals surface area contributed by atoms with Crippen molar-refractivity contribution in [2.75, 3.05) is 19.8 Å². The summed E-state index contributed by atoms with van der Waals surface area (Å²) in [5.41, 5.74) is 0.517. The van der Waals surface area contributed by atoms with Crippen LogP contribution in [0.4, 0.5) is 22.0 Å². The smallest absolute Gasteiger partial charge is 0.369 e. The molecule has 0 aromatic heterocycles. The number of ether oxygens (including phenoxy) is 3. The molecule has 4 rings (SSSR count). The quantitative estimate of drug-likeness (QED) is 0.236. The molecule has 0 aliphatic carbocycles. The van der Waals surface area contributed by atoms with Crippen LogP contribution >= 0.6 is 0 Å². The predicted octanol–water partition coefficient (Wildman–Crippen LogP) is 6.80. The molecule has 3 aromatic rings. The molecule has 1 aliphatic rings. The number of halogens is 5. The Morgan fingerprint density at radius 1 is 0.917 bits per heavy atom. The van der Waals surface area contributed by atoms with E-state index in [2.05, 4.69) is 6.58 Å². The number of hydrogen-bond acceptors (Lipinski definition) is 3. The third-order valence-electron chi connectivity index (χ3n) is 6.17. The largest absolute Gasteiger partial charge is 0.419 e. The molecule has 0 unspecified atom stereocenters. The van der Waals surface area contributed by atoms with Crippen molar-refractivity contribution in [3.63, 3.8) is 0 Å². The highest BCUT2D eigenvalue weighted by molar-refractivity contribution is 5.84. The molecular formula is C28H27F5O3. The lowest BCUT2D eigenvalue weighted by atomic mass is 9.97. The van der Waals surface area contributed by atoms with Gasteiger partial charge >= 0.3 is 6.18 Å². The van der Waals surface area contributed by atoms with Crippen LogP contribution in [0.25, 0.3) is 10.8 Å². The van der Waals surface area contributed by atoms with E-state index in [-0.39, 0.29) is 31.1 Å². The summed E-state index contributed by atoms with van der Waals surface area (Å²) in [7, 11) is 0. The summed E-state index contributed by atoms with van der Waals surface area (Å²) in [6.45, 7) is 4.99. The van der Waals surface area contributed by atoms with Crippen molar-refractivity contribution in [3.05, 3.63) is 95.1 Å². The van der Waals surface area contributed by atoms with E-state index in [1.165, 1.54) is 6.07 Å². The van der Waals surface area contributed by atoms with Crippen molar-refractivity contribution in [1.82, 2.24) is 0 Å². The van der Waals surface area contributed by atoms with Crippen molar-refractivity contribution in [1.29, 1.82) is 0 Å². The summed E-state index contributed by atoms with van der Waals surface area (Å²) in [5, 5.41) is 1.21. The van der Waals surface area contributed by atoms with Crippen LogP contribution in [0.5, 0.6) is 0 Å². The summed E-state index contributed by atoms with van der Waals surface area (Å²) < 4.78 is 84.1.